The summed E-state index contributed by atoms with van der Waals surface area (Å²) in [6, 6.07) is 11.4. The fourth-order valence-electron chi connectivity index (χ4n) is 2.21. The monoisotopic (exact) mass is 381 g/mol. The van der Waals surface area contributed by atoms with Gasteiger partial charge in [0, 0.05) is 23.6 Å². The first-order chi connectivity index (χ1) is 13.1. The molecular formula is C18H19N7OS. The third-order valence-corrected chi connectivity index (χ3v) is 4.37. The number of nitrogens with zero attached hydrogens (tertiary/aromatic N) is 4. The molecule has 0 bridgehead atoms. The maximum Gasteiger partial charge on any atom is 0.240 e. The van der Waals surface area contributed by atoms with Crippen molar-refractivity contribution in [2.24, 2.45) is 5.10 Å². The maximum atomic E-state index is 12.0. The van der Waals surface area contributed by atoms with E-state index in [2.05, 4.69) is 36.0 Å². The van der Waals surface area contributed by atoms with Gasteiger partial charge in [0.2, 0.25) is 17.0 Å². The normalized spacial score (nSPS) is 11.3. The number of benzene rings is 1. The van der Waals surface area contributed by atoms with Crippen molar-refractivity contribution in [3.8, 4) is 0 Å². The van der Waals surface area contributed by atoms with Gasteiger partial charge in [0.25, 0.3) is 0 Å². The zero-order valence-electron chi connectivity index (χ0n) is 14.9. The summed E-state index contributed by atoms with van der Waals surface area (Å²) in [5, 5.41) is 14.4. The third-order valence-electron chi connectivity index (χ3n) is 3.53. The molecule has 2 aromatic heterocycles. The minimum absolute atomic E-state index is 0.114. The van der Waals surface area contributed by atoms with Crippen molar-refractivity contribution in [3.63, 3.8) is 0 Å². The highest BCUT2D eigenvalue weighted by molar-refractivity contribution is 7.99. The number of hydrazone groups is 1. The van der Waals surface area contributed by atoms with Gasteiger partial charge in [-0.05, 0) is 43.7 Å². The van der Waals surface area contributed by atoms with Gasteiger partial charge in [-0.3, -0.25) is 9.78 Å². The number of carbonyl (C=O) groups is 1. The Labute approximate surface area is 160 Å². The van der Waals surface area contributed by atoms with Gasteiger partial charge in [-0.2, -0.15) is 10.1 Å². The molecule has 0 unspecified atom stereocenters. The van der Waals surface area contributed by atoms with Crippen LogP contribution >= 0.6 is 11.8 Å². The van der Waals surface area contributed by atoms with Crippen LogP contribution in [0.4, 0.5) is 11.6 Å². The van der Waals surface area contributed by atoms with Gasteiger partial charge in [0.15, 0.2) is 0 Å². The van der Waals surface area contributed by atoms with Crippen molar-refractivity contribution in [2.45, 2.75) is 19.0 Å². The van der Waals surface area contributed by atoms with Crippen LogP contribution in [0.2, 0.25) is 0 Å². The van der Waals surface area contributed by atoms with Crippen molar-refractivity contribution in [1.82, 2.24) is 20.2 Å². The molecule has 3 aromatic rings. The SMILES string of the molecule is C/C(=N\Nc1nc(SCC(=O)Nc2cccc(C)c2)n[nH]1)c1ccncc1. The van der Waals surface area contributed by atoms with E-state index in [9.17, 15) is 4.79 Å². The Morgan fingerprint density at radius 1 is 1.26 bits per heavy atom. The molecular weight excluding hydrogens is 362 g/mol. The summed E-state index contributed by atoms with van der Waals surface area (Å²) in [5.41, 5.74) is 6.44. The van der Waals surface area contributed by atoms with E-state index in [-0.39, 0.29) is 11.7 Å². The van der Waals surface area contributed by atoms with Crippen LogP contribution in [0.25, 0.3) is 0 Å². The molecule has 0 saturated carbocycles. The number of thioether (sulfide) groups is 1. The number of aromatic nitrogens is 4. The lowest BCUT2D eigenvalue weighted by Gasteiger charge is -2.04. The smallest absolute Gasteiger partial charge is 0.240 e. The summed E-state index contributed by atoms with van der Waals surface area (Å²) in [7, 11) is 0. The average Bonchev–Trinajstić information content (AvgIpc) is 3.13. The van der Waals surface area contributed by atoms with Crippen molar-refractivity contribution < 1.29 is 4.79 Å². The molecule has 0 aliphatic heterocycles. The summed E-state index contributed by atoms with van der Waals surface area (Å²) in [5.74, 6) is 0.506. The Morgan fingerprint density at radius 2 is 2.07 bits per heavy atom. The number of pyridine rings is 1. The van der Waals surface area contributed by atoms with Crippen molar-refractivity contribution in [2.75, 3.05) is 16.5 Å². The number of hydrogen-bond acceptors (Lipinski definition) is 7. The number of carbonyl (C=O) groups excluding carboxylic acids is 1. The van der Waals surface area contributed by atoms with E-state index in [0.717, 1.165) is 22.5 Å². The van der Waals surface area contributed by atoms with Crippen LogP contribution in [0.1, 0.15) is 18.1 Å². The minimum Gasteiger partial charge on any atom is -0.325 e. The zero-order chi connectivity index (χ0) is 19.1. The fourth-order valence-corrected chi connectivity index (χ4v) is 2.80. The number of anilines is 2. The van der Waals surface area contributed by atoms with Crippen LogP contribution in [-0.4, -0.2) is 37.5 Å². The van der Waals surface area contributed by atoms with E-state index in [0.29, 0.717) is 11.1 Å². The number of aromatic amines is 1. The highest BCUT2D eigenvalue weighted by Gasteiger charge is 2.08. The predicted octanol–water partition coefficient (Wildman–Crippen LogP) is 3.08. The van der Waals surface area contributed by atoms with E-state index in [1.54, 1.807) is 12.4 Å². The second-order valence-electron chi connectivity index (χ2n) is 5.72. The van der Waals surface area contributed by atoms with Crippen LogP contribution in [-0.2, 0) is 4.79 Å². The van der Waals surface area contributed by atoms with Crippen molar-refractivity contribution >= 4 is 35.0 Å². The van der Waals surface area contributed by atoms with Crippen LogP contribution in [0.15, 0.2) is 59.0 Å². The predicted molar refractivity (Wildman–Crippen MR) is 107 cm³/mol. The highest BCUT2D eigenvalue weighted by atomic mass is 32.2. The Hall–Kier alpha value is -3.20. The van der Waals surface area contributed by atoms with Gasteiger partial charge in [-0.1, -0.05) is 23.9 Å². The standard InChI is InChI=1S/C18H19N7OS/c1-12-4-3-5-15(10-12)20-16(26)11-27-18-21-17(24-25-18)23-22-13(2)14-6-8-19-9-7-14/h3-10H,11H2,1-2H3,(H,20,26)(H2,21,23,24,25)/b22-13+. The number of H-pyrrole nitrogens is 1. The molecule has 0 atom stereocenters. The van der Waals surface area contributed by atoms with Gasteiger partial charge in [0.05, 0.1) is 11.5 Å². The van der Waals surface area contributed by atoms with E-state index >= 15 is 0 Å². The first-order valence-electron chi connectivity index (χ1n) is 8.22. The molecule has 0 radical (unpaired) electrons. The molecule has 3 N–H and O–H groups in total. The summed E-state index contributed by atoms with van der Waals surface area (Å²) < 4.78 is 0. The lowest BCUT2D eigenvalue weighted by atomic mass is 10.2. The summed E-state index contributed by atoms with van der Waals surface area (Å²) >= 11 is 1.24. The number of hydrogen-bond donors (Lipinski definition) is 3. The molecule has 0 saturated heterocycles. The molecule has 138 valence electrons. The zero-order valence-corrected chi connectivity index (χ0v) is 15.7. The summed E-state index contributed by atoms with van der Waals surface area (Å²) in [6.45, 7) is 3.86. The average molecular weight is 381 g/mol. The van der Waals surface area contributed by atoms with E-state index in [1.165, 1.54) is 11.8 Å². The van der Waals surface area contributed by atoms with Crippen LogP contribution in [0, 0.1) is 6.92 Å². The van der Waals surface area contributed by atoms with E-state index in [4.69, 9.17) is 0 Å². The van der Waals surface area contributed by atoms with Gasteiger partial charge in [-0.15, -0.1) is 5.10 Å². The number of aryl methyl sites for hydroxylation is 1. The van der Waals surface area contributed by atoms with Crippen molar-refractivity contribution in [1.29, 1.82) is 0 Å². The molecule has 1 aromatic carbocycles. The Kier molecular flexibility index (Phi) is 6.16. The highest BCUT2D eigenvalue weighted by Crippen LogP contribution is 2.15. The molecule has 8 nitrogen and oxygen atoms in total. The van der Waals surface area contributed by atoms with E-state index < -0.39 is 0 Å². The Morgan fingerprint density at radius 3 is 2.85 bits per heavy atom. The molecule has 3 rings (SSSR count). The van der Waals surface area contributed by atoms with Crippen LogP contribution < -0.4 is 10.7 Å². The number of rotatable bonds is 7. The molecule has 0 fully saturated rings. The first kappa shape index (κ1) is 18.6. The van der Waals surface area contributed by atoms with Crippen LogP contribution in [0.5, 0.6) is 0 Å². The van der Waals surface area contributed by atoms with Gasteiger partial charge in [0.1, 0.15) is 0 Å². The first-order valence-corrected chi connectivity index (χ1v) is 9.21. The molecule has 0 spiro atoms. The number of amides is 1. The minimum atomic E-state index is -0.114. The number of nitrogens with one attached hydrogen (secondary N) is 3. The second-order valence-corrected chi connectivity index (χ2v) is 6.66. The molecule has 0 aliphatic rings. The quantitative estimate of drug-likeness (QED) is 0.330. The Balaban J connectivity index is 1.50. The molecule has 1 amide bonds. The van der Waals surface area contributed by atoms with Crippen molar-refractivity contribution in [3.05, 3.63) is 59.9 Å². The largest absolute Gasteiger partial charge is 0.325 e. The topological polar surface area (TPSA) is 108 Å². The van der Waals surface area contributed by atoms with Gasteiger partial charge < -0.3 is 5.32 Å². The third kappa shape index (κ3) is 5.65. The van der Waals surface area contributed by atoms with Crippen LogP contribution in [0.3, 0.4) is 0 Å². The molecule has 9 heteroatoms. The molecule has 27 heavy (non-hydrogen) atoms. The van der Waals surface area contributed by atoms with E-state index in [1.807, 2.05) is 50.2 Å². The lowest BCUT2D eigenvalue weighted by Crippen LogP contribution is -2.14. The maximum absolute atomic E-state index is 12.0. The van der Waals surface area contributed by atoms with Gasteiger partial charge >= 0.3 is 0 Å². The fraction of sp³-hybridized carbons (Fsp3) is 0.167. The summed E-state index contributed by atoms with van der Waals surface area (Å²) in [6.07, 6.45) is 3.42. The van der Waals surface area contributed by atoms with Gasteiger partial charge in [-0.25, -0.2) is 10.5 Å². The molecule has 2 heterocycles. The molecule has 0 aliphatic carbocycles. The Bertz CT molecular complexity index is 940. The second kappa shape index (κ2) is 8.95. The lowest BCUT2D eigenvalue weighted by molar-refractivity contribution is -0.113. The summed E-state index contributed by atoms with van der Waals surface area (Å²) in [4.78, 5) is 20.3.